The molecule has 0 radical (unpaired) electrons. The van der Waals surface area contributed by atoms with Gasteiger partial charge in [0, 0.05) is 21.8 Å². The molecule has 0 saturated carbocycles. The minimum absolute atomic E-state index is 0.0386. The van der Waals surface area contributed by atoms with E-state index in [0.29, 0.717) is 11.5 Å². The Morgan fingerprint density at radius 3 is 2.35 bits per heavy atom. The largest absolute Gasteiger partial charge is 0.417 e. The highest BCUT2D eigenvalue weighted by Gasteiger charge is 2.33. The molecule has 0 aliphatic carbocycles. The Kier molecular flexibility index (Phi) is 7.17. The zero-order chi connectivity index (χ0) is 22.6. The summed E-state index contributed by atoms with van der Waals surface area (Å²) in [6.45, 7) is 3.80. The van der Waals surface area contributed by atoms with Crippen LogP contribution in [0.25, 0.3) is 11.3 Å². The van der Waals surface area contributed by atoms with Crippen molar-refractivity contribution in [1.82, 2.24) is 9.97 Å². The zero-order valence-corrected chi connectivity index (χ0v) is 18.5. The second kappa shape index (κ2) is 9.65. The first-order chi connectivity index (χ1) is 14.7. The van der Waals surface area contributed by atoms with E-state index >= 15 is 0 Å². The Morgan fingerprint density at radius 2 is 1.74 bits per heavy atom. The van der Waals surface area contributed by atoms with Crippen LogP contribution in [0.15, 0.2) is 59.1 Å². The van der Waals surface area contributed by atoms with Crippen LogP contribution in [0.2, 0.25) is 0 Å². The summed E-state index contributed by atoms with van der Waals surface area (Å²) in [6, 6.07) is 14.6. The number of nitrogens with zero attached hydrogens (tertiary/aromatic N) is 2. The average molecular weight is 495 g/mol. The van der Waals surface area contributed by atoms with Gasteiger partial charge in [-0.1, -0.05) is 60.1 Å². The van der Waals surface area contributed by atoms with Gasteiger partial charge in [-0.05, 0) is 24.1 Å². The number of aromatic nitrogens is 2. The van der Waals surface area contributed by atoms with Crippen molar-refractivity contribution in [3.63, 3.8) is 0 Å². The molecule has 0 unspecified atom stereocenters. The van der Waals surface area contributed by atoms with Gasteiger partial charge in [0.2, 0.25) is 5.95 Å². The topological polar surface area (TPSA) is 70.1 Å². The van der Waals surface area contributed by atoms with Crippen molar-refractivity contribution in [3.05, 3.63) is 64.6 Å². The average Bonchev–Trinajstić information content (AvgIpc) is 2.73. The molecule has 0 bridgehead atoms. The molecule has 9 heteroatoms. The predicted molar refractivity (Wildman–Crippen MR) is 119 cm³/mol. The normalized spacial score (nSPS) is 12.6. The Hall–Kier alpha value is -2.65. The molecule has 0 spiro atoms. The summed E-state index contributed by atoms with van der Waals surface area (Å²) >= 11 is 2.95. The minimum atomic E-state index is -4.49. The molecule has 0 fully saturated rings. The summed E-state index contributed by atoms with van der Waals surface area (Å²) in [7, 11) is 0. The van der Waals surface area contributed by atoms with Crippen LogP contribution >= 0.6 is 15.9 Å². The third kappa shape index (κ3) is 5.95. The van der Waals surface area contributed by atoms with Gasteiger partial charge < -0.3 is 15.7 Å². The van der Waals surface area contributed by atoms with Crippen LogP contribution in [-0.2, 0) is 6.18 Å². The van der Waals surface area contributed by atoms with Crippen LogP contribution in [0.5, 0.6) is 0 Å². The van der Waals surface area contributed by atoms with Crippen molar-refractivity contribution in [2.45, 2.75) is 26.1 Å². The first kappa shape index (κ1) is 23.0. The predicted octanol–water partition coefficient (Wildman–Crippen LogP) is 6.10. The lowest BCUT2D eigenvalue weighted by Gasteiger charge is -2.21. The molecular weight excluding hydrogens is 473 g/mol. The molecule has 3 rings (SSSR count). The number of anilines is 3. The molecule has 1 aromatic heterocycles. The van der Waals surface area contributed by atoms with Gasteiger partial charge in [0.25, 0.3) is 0 Å². The molecule has 0 saturated heterocycles. The maximum Gasteiger partial charge on any atom is 0.417 e. The van der Waals surface area contributed by atoms with Crippen LogP contribution in [0.3, 0.4) is 0 Å². The van der Waals surface area contributed by atoms with Gasteiger partial charge in [-0.15, -0.1) is 0 Å². The van der Waals surface area contributed by atoms with E-state index in [0.717, 1.165) is 11.6 Å². The van der Waals surface area contributed by atoms with Gasteiger partial charge in [0.15, 0.2) is 0 Å². The fourth-order valence-corrected chi connectivity index (χ4v) is 3.36. The maximum atomic E-state index is 13.3. The number of nitrogens with one attached hydrogen (secondary N) is 2. The fraction of sp³-hybridized carbons (Fsp3) is 0.273. The van der Waals surface area contributed by atoms with E-state index < -0.39 is 11.7 Å². The van der Waals surface area contributed by atoms with Crippen LogP contribution in [-0.4, -0.2) is 27.7 Å². The molecule has 1 atom stereocenters. The lowest BCUT2D eigenvalue weighted by atomic mass is 10.1. The third-order valence-electron chi connectivity index (χ3n) is 4.66. The number of hydrogen-bond donors (Lipinski definition) is 3. The smallest absolute Gasteiger partial charge is 0.394 e. The molecule has 0 aliphatic heterocycles. The zero-order valence-electron chi connectivity index (χ0n) is 16.9. The molecule has 164 valence electrons. The summed E-state index contributed by atoms with van der Waals surface area (Å²) < 4.78 is 39.7. The minimum Gasteiger partial charge on any atom is -0.394 e. The van der Waals surface area contributed by atoms with Crippen molar-refractivity contribution in [2.24, 2.45) is 5.92 Å². The van der Waals surface area contributed by atoms with Gasteiger partial charge in [-0.2, -0.15) is 18.2 Å². The Bertz CT molecular complexity index is 1030. The molecule has 0 aliphatic rings. The van der Waals surface area contributed by atoms with Gasteiger partial charge >= 0.3 is 6.18 Å². The molecule has 1 heterocycles. The Balaban J connectivity index is 2.00. The summed E-state index contributed by atoms with van der Waals surface area (Å²) in [4.78, 5) is 8.93. The highest BCUT2D eigenvalue weighted by atomic mass is 79.9. The first-order valence-electron chi connectivity index (χ1n) is 9.63. The second-order valence-corrected chi connectivity index (χ2v) is 8.18. The molecule has 3 aromatic rings. The summed E-state index contributed by atoms with van der Waals surface area (Å²) in [6.07, 6.45) is -4.49. The summed E-state index contributed by atoms with van der Waals surface area (Å²) in [5.41, 5.74) is 0.872. The van der Waals surface area contributed by atoms with Gasteiger partial charge in [0.1, 0.15) is 5.82 Å². The summed E-state index contributed by atoms with van der Waals surface area (Å²) in [5.74, 6) is 0.711. The number of halogens is 4. The number of rotatable bonds is 7. The second-order valence-electron chi connectivity index (χ2n) is 7.32. The number of aliphatic hydroxyl groups excluding tert-OH is 1. The Morgan fingerprint density at radius 1 is 1.03 bits per heavy atom. The van der Waals surface area contributed by atoms with Crippen LogP contribution < -0.4 is 10.6 Å². The van der Waals surface area contributed by atoms with Crippen molar-refractivity contribution in [1.29, 1.82) is 0 Å². The molecule has 31 heavy (non-hydrogen) atoms. The molecule has 5 nitrogen and oxygen atoms in total. The standard InChI is InChI=1S/C22H22BrF3N4O/c1-13(2)19(12-31)29-21-28-18(14-6-4-3-5-7-14)11-20(30-21)27-15-8-9-17(23)16(10-15)22(24,25)26/h3-11,13,19,31H,12H2,1-2H3,(H2,27,28,29,30)/t19-/m0/s1. The Labute approximate surface area is 186 Å². The first-order valence-corrected chi connectivity index (χ1v) is 10.4. The van der Waals surface area contributed by atoms with Gasteiger partial charge in [0.05, 0.1) is 23.9 Å². The van der Waals surface area contributed by atoms with E-state index in [4.69, 9.17) is 0 Å². The van der Waals surface area contributed by atoms with Crippen LogP contribution in [0, 0.1) is 5.92 Å². The molecule has 3 N–H and O–H groups in total. The number of benzene rings is 2. The summed E-state index contributed by atoms with van der Waals surface area (Å²) in [5, 5.41) is 15.7. The van der Waals surface area contributed by atoms with Crippen LogP contribution in [0.4, 0.5) is 30.6 Å². The third-order valence-corrected chi connectivity index (χ3v) is 5.35. The van der Waals surface area contributed by atoms with E-state index in [1.807, 2.05) is 44.2 Å². The number of alkyl halides is 3. The molecule has 0 amide bonds. The highest BCUT2D eigenvalue weighted by molar-refractivity contribution is 9.10. The van der Waals surface area contributed by atoms with E-state index in [1.54, 1.807) is 6.07 Å². The van der Waals surface area contributed by atoms with Crippen molar-refractivity contribution < 1.29 is 18.3 Å². The van der Waals surface area contributed by atoms with Crippen LogP contribution in [0.1, 0.15) is 19.4 Å². The monoisotopic (exact) mass is 494 g/mol. The fourth-order valence-electron chi connectivity index (χ4n) is 2.89. The number of hydrogen-bond acceptors (Lipinski definition) is 5. The maximum absolute atomic E-state index is 13.3. The van der Waals surface area contributed by atoms with Crippen molar-refractivity contribution >= 4 is 33.4 Å². The van der Waals surface area contributed by atoms with Crippen molar-refractivity contribution in [2.75, 3.05) is 17.2 Å². The lowest BCUT2D eigenvalue weighted by molar-refractivity contribution is -0.138. The van der Waals surface area contributed by atoms with E-state index in [2.05, 4.69) is 36.5 Å². The lowest BCUT2D eigenvalue weighted by Crippen LogP contribution is -2.30. The van der Waals surface area contributed by atoms with E-state index in [9.17, 15) is 18.3 Å². The highest BCUT2D eigenvalue weighted by Crippen LogP contribution is 2.37. The molecule has 2 aromatic carbocycles. The van der Waals surface area contributed by atoms with E-state index in [-0.39, 0.29) is 34.7 Å². The quantitative estimate of drug-likeness (QED) is 0.370. The number of aliphatic hydroxyl groups is 1. The SMILES string of the molecule is CC(C)[C@H](CO)Nc1nc(Nc2ccc(Br)c(C(F)(F)F)c2)cc(-c2ccccc2)n1. The van der Waals surface area contributed by atoms with Gasteiger partial charge in [-0.25, -0.2) is 4.98 Å². The van der Waals surface area contributed by atoms with E-state index in [1.165, 1.54) is 12.1 Å². The van der Waals surface area contributed by atoms with Crippen molar-refractivity contribution in [3.8, 4) is 11.3 Å². The van der Waals surface area contributed by atoms with Gasteiger partial charge in [-0.3, -0.25) is 0 Å². The molecular formula is C22H22BrF3N4O.